The van der Waals surface area contributed by atoms with Crippen LogP contribution in [0.15, 0.2) is 36.5 Å². The molecule has 0 aliphatic carbocycles. The van der Waals surface area contributed by atoms with Gasteiger partial charge in [0.1, 0.15) is 0 Å². The Morgan fingerprint density at radius 1 is 0.950 bits per heavy atom. The Morgan fingerprint density at radius 3 is 2.25 bits per heavy atom. The zero-order chi connectivity index (χ0) is 15.8. The topological polar surface area (TPSA) is 37.3 Å². The monoisotopic (exact) mass is 281 g/mol. The summed E-state index contributed by atoms with van der Waals surface area (Å²) in [7, 11) is 0. The Kier molecular flexibility index (Phi) is 13.2. The Bertz CT molecular complexity index is 332. The summed E-state index contributed by atoms with van der Waals surface area (Å²) in [5.41, 5.74) is 0. The van der Waals surface area contributed by atoms with Gasteiger partial charge in [0, 0.05) is 7.79 Å². The summed E-state index contributed by atoms with van der Waals surface area (Å²) in [6, 6.07) is 0. The zero-order valence-electron chi connectivity index (χ0n) is 13.8. The molecule has 0 rings (SSSR count). The van der Waals surface area contributed by atoms with E-state index in [1.165, 1.54) is 19.3 Å². The summed E-state index contributed by atoms with van der Waals surface area (Å²) in [6.07, 6.45) is 20.4. The first kappa shape index (κ1) is 16.7. The van der Waals surface area contributed by atoms with E-state index in [1.54, 1.807) is 0 Å². The van der Waals surface area contributed by atoms with Crippen LogP contribution in [0, 0.1) is 0 Å². The molecule has 20 heavy (non-hydrogen) atoms. The van der Waals surface area contributed by atoms with Gasteiger partial charge in [0.25, 0.3) is 0 Å². The first-order valence-electron chi connectivity index (χ1n) is 8.37. The van der Waals surface area contributed by atoms with Crippen molar-refractivity contribution in [3.05, 3.63) is 36.5 Å². The van der Waals surface area contributed by atoms with E-state index < -0.39 is 5.97 Å². The number of hydrogen-bond acceptors (Lipinski definition) is 1. The molecule has 1 N–H and O–H groups in total. The van der Waals surface area contributed by atoms with E-state index in [-0.39, 0.29) is 12.8 Å². The number of unbranched alkanes of at least 4 members (excludes halogenated alkanes) is 5. The molecule has 0 saturated carbocycles. The average Bonchev–Trinajstić information content (AvgIpc) is 2.45. The van der Waals surface area contributed by atoms with Crippen LogP contribution in [-0.2, 0) is 4.79 Å². The molecule has 114 valence electrons. The summed E-state index contributed by atoms with van der Waals surface area (Å²) in [5.74, 6) is -0.733. The second kappa shape index (κ2) is 15.7. The van der Waals surface area contributed by atoms with Crippen molar-refractivity contribution in [1.29, 1.82) is 0 Å². The second-order valence-electron chi connectivity index (χ2n) is 4.89. The van der Waals surface area contributed by atoms with Crippen LogP contribution >= 0.6 is 0 Å². The number of carbonyl (C=O) groups is 1. The molecular formula is C18H30O2. The lowest BCUT2D eigenvalue weighted by Gasteiger charge is -1.92. The maximum Gasteiger partial charge on any atom is 0.303 e. The third kappa shape index (κ3) is 16.7. The fourth-order valence-corrected chi connectivity index (χ4v) is 1.74. The quantitative estimate of drug-likeness (QED) is 0.349. The van der Waals surface area contributed by atoms with Crippen LogP contribution in [0.2, 0.25) is 0 Å². The second-order valence-corrected chi connectivity index (χ2v) is 4.89. The molecule has 1 atom stereocenters. The van der Waals surface area contributed by atoms with Gasteiger partial charge < -0.3 is 5.11 Å². The van der Waals surface area contributed by atoms with Crippen LogP contribution in [0.25, 0.3) is 0 Å². The summed E-state index contributed by atoms with van der Waals surface area (Å²) >= 11 is 0. The molecule has 0 aromatic rings. The highest BCUT2D eigenvalue weighted by Crippen LogP contribution is 2.02. The van der Waals surface area contributed by atoms with Gasteiger partial charge >= 0.3 is 5.97 Å². The fourth-order valence-electron chi connectivity index (χ4n) is 1.74. The van der Waals surface area contributed by atoms with Crippen molar-refractivity contribution < 1.29 is 11.3 Å². The van der Waals surface area contributed by atoms with Gasteiger partial charge in [0.2, 0.25) is 0 Å². The molecule has 0 saturated heterocycles. The SMILES string of the molecule is [2H][C@@H](/C=C\C/C=C\CCCCC)/C=C\CCCC[14C](=O)O. The lowest BCUT2D eigenvalue weighted by molar-refractivity contribution is -0.137. The predicted octanol–water partition coefficient (Wildman–Crippen LogP) is 5.66. The van der Waals surface area contributed by atoms with Crippen LogP contribution in [-0.4, -0.2) is 11.1 Å². The number of rotatable bonds is 13. The third-order valence-electron chi connectivity index (χ3n) is 2.92. The van der Waals surface area contributed by atoms with Crippen LogP contribution in [0.1, 0.15) is 72.5 Å². The normalized spacial score (nSPS) is 14.3. The minimum absolute atomic E-state index is 0.239. The van der Waals surface area contributed by atoms with Crippen molar-refractivity contribution in [2.45, 2.75) is 71.1 Å². The molecule has 0 aromatic carbocycles. The van der Waals surface area contributed by atoms with Crippen molar-refractivity contribution in [2.75, 3.05) is 0 Å². The molecule has 0 unspecified atom stereocenters. The van der Waals surface area contributed by atoms with Crippen LogP contribution in [0.4, 0.5) is 0 Å². The average molecular weight is 281 g/mol. The van der Waals surface area contributed by atoms with E-state index in [1.807, 2.05) is 24.3 Å². The minimum Gasteiger partial charge on any atom is -0.481 e. The molecule has 2 heteroatoms. The summed E-state index contributed by atoms with van der Waals surface area (Å²) in [6.45, 7) is 2.21. The van der Waals surface area contributed by atoms with Gasteiger partial charge in [0.05, 0.1) is 0 Å². The molecule has 0 heterocycles. The molecule has 0 aliphatic rings. The lowest BCUT2D eigenvalue weighted by atomic mass is 10.2. The van der Waals surface area contributed by atoms with Gasteiger partial charge in [-0.25, -0.2) is 0 Å². The van der Waals surface area contributed by atoms with Gasteiger partial charge in [-0.2, -0.15) is 0 Å². The molecule has 0 amide bonds. The number of allylic oxidation sites excluding steroid dienone is 6. The summed E-state index contributed by atoms with van der Waals surface area (Å²) in [4.78, 5) is 10.3. The molecule has 0 bridgehead atoms. The van der Waals surface area contributed by atoms with Crippen molar-refractivity contribution in [2.24, 2.45) is 0 Å². The maximum absolute atomic E-state index is 10.3. The van der Waals surface area contributed by atoms with E-state index in [0.29, 0.717) is 6.42 Å². The molecule has 0 aromatic heterocycles. The van der Waals surface area contributed by atoms with Crippen molar-refractivity contribution in [1.82, 2.24) is 0 Å². The van der Waals surface area contributed by atoms with Gasteiger partial charge in [-0.3, -0.25) is 4.79 Å². The summed E-state index contributed by atoms with van der Waals surface area (Å²) in [5, 5.41) is 8.50. The predicted molar refractivity (Wildman–Crippen MR) is 86.9 cm³/mol. The van der Waals surface area contributed by atoms with Crippen LogP contribution in [0.3, 0.4) is 0 Å². The van der Waals surface area contributed by atoms with E-state index in [4.69, 9.17) is 6.48 Å². The number of aliphatic carboxylic acids is 1. The molecule has 0 radical (unpaired) electrons. The van der Waals surface area contributed by atoms with Crippen LogP contribution < -0.4 is 0 Å². The smallest absolute Gasteiger partial charge is 0.303 e. The highest BCUT2D eigenvalue weighted by Gasteiger charge is 1.93. The number of hydrogen-bond donors (Lipinski definition) is 1. The first-order chi connectivity index (χ1) is 10.2. The summed E-state index contributed by atoms with van der Waals surface area (Å²) < 4.78 is 7.80. The third-order valence-corrected chi connectivity index (χ3v) is 2.92. The van der Waals surface area contributed by atoms with E-state index >= 15 is 0 Å². The number of carboxylic acid groups (broad SMARTS) is 1. The highest BCUT2D eigenvalue weighted by atomic mass is 16.6. The standard InChI is InChI=1S/C18H30O2/c1-2-3-4-5-6-7-8-9-10-11-12-13-14-15-16-17-18(19)20/h6-7,9-10,12-13H,2-5,8,11,14-17H2,1H3,(H,19,20)/b7-6-,10-9-,13-12-/i11D,18+2/t11-/m0/s1. The van der Waals surface area contributed by atoms with Crippen molar-refractivity contribution in [3.8, 4) is 0 Å². The van der Waals surface area contributed by atoms with E-state index in [0.717, 1.165) is 25.7 Å². The lowest BCUT2D eigenvalue weighted by Crippen LogP contribution is -1.92. The molecular weight excluding hydrogens is 250 g/mol. The number of carboxylic acids is 1. The Labute approximate surface area is 125 Å². The molecule has 0 aliphatic heterocycles. The van der Waals surface area contributed by atoms with Gasteiger partial charge in [0.15, 0.2) is 0 Å². The maximum atomic E-state index is 10.3. The zero-order valence-corrected chi connectivity index (χ0v) is 12.8. The highest BCUT2D eigenvalue weighted by molar-refractivity contribution is 5.66. The Morgan fingerprint density at radius 2 is 1.55 bits per heavy atom. The molecule has 2 nitrogen and oxygen atoms in total. The molecule has 0 spiro atoms. The van der Waals surface area contributed by atoms with Crippen molar-refractivity contribution >= 4 is 5.97 Å². The Balaban J connectivity index is 3.56. The fraction of sp³-hybridized carbons (Fsp3) is 0.611. The van der Waals surface area contributed by atoms with E-state index in [2.05, 4.69) is 19.1 Å². The van der Waals surface area contributed by atoms with Gasteiger partial charge in [-0.1, -0.05) is 56.2 Å². The first-order valence-corrected chi connectivity index (χ1v) is 7.79. The van der Waals surface area contributed by atoms with Gasteiger partial charge in [-0.05, 0) is 44.9 Å². The van der Waals surface area contributed by atoms with E-state index in [9.17, 15) is 4.79 Å². The molecule has 0 fully saturated rings. The largest absolute Gasteiger partial charge is 0.481 e. The Hall–Kier alpha value is -1.31. The minimum atomic E-state index is -0.733. The van der Waals surface area contributed by atoms with Crippen LogP contribution in [0.5, 0.6) is 0 Å². The van der Waals surface area contributed by atoms with Crippen molar-refractivity contribution in [3.63, 3.8) is 0 Å². The van der Waals surface area contributed by atoms with Gasteiger partial charge in [-0.15, -0.1) is 0 Å².